The van der Waals surface area contributed by atoms with Gasteiger partial charge in [-0.2, -0.15) is 0 Å². The van der Waals surface area contributed by atoms with E-state index in [1.807, 2.05) is 40.7 Å². The Balaban J connectivity index is 2.88. The van der Waals surface area contributed by atoms with Gasteiger partial charge in [-0.05, 0) is 46.2 Å². The van der Waals surface area contributed by atoms with Gasteiger partial charge in [0.2, 0.25) is 5.91 Å². The lowest BCUT2D eigenvalue weighted by molar-refractivity contribution is -0.118. The summed E-state index contributed by atoms with van der Waals surface area (Å²) >= 11 is 0. The van der Waals surface area contributed by atoms with Gasteiger partial charge in [-0.25, -0.2) is 0 Å². The predicted molar refractivity (Wildman–Crippen MR) is 78.6 cm³/mol. The van der Waals surface area contributed by atoms with Gasteiger partial charge in [0.05, 0.1) is 12.2 Å². The zero-order valence-corrected chi connectivity index (χ0v) is 12.4. The maximum atomic E-state index is 12.3. The largest absolute Gasteiger partial charge is 0.508 e. The van der Waals surface area contributed by atoms with Crippen LogP contribution in [0.1, 0.15) is 33.3 Å². The first kappa shape index (κ1) is 15.5. The van der Waals surface area contributed by atoms with Crippen LogP contribution in [0.25, 0.3) is 0 Å². The van der Waals surface area contributed by atoms with E-state index >= 15 is 0 Å². The Kier molecular flexibility index (Phi) is 4.95. The molecule has 1 amide bonds. The van der Waals surface area contributed by atoms with Crippen LogP contribution in [0.3, 0.4) is 0 Å². The molecule has 0 fully saturated rings. The lowest BCUT2D eigenvalue weighted by Crippen LogP contribution is -2.45. The second-order valence-electron chi connectivity index (χ2n) is 5.71. The summed E-state index contributed by atoms with van der Waals surface area (Å²) in [6.45, 7) is 10.8. The van der Waals surface area contributed by atoms with E-state index in [1.165, 1.54) is 0 Å². The number of carbonyl (C=O) groups is 1. The molecule has 0 unspecified atom stereocenters. The van der Waals surface area contributed by atoms with Crippen molar-refractivity contribution in [3.05, 3.63) is 23.8 Å². The number of benzene rings is 1. The number of amides is 1. The molecule has 0 heterocycles. The van der Waals surface area contributed by atoms with Gasteiger partial charge in [0.25, 0.3) is 0 Å². The van der Waals surface area contributed by atoms with E-state index in [-0.39, 0.29) is 23.7 Å². The molecule has 4 nitrogen and oxygen atoms in total. The lowest BCUT2D eigenvalue weighted by Gasteiger charge is -2.26. The monoisotopic (exact) mass is 264 g/mol. The summed E-state index contributed by atoms with van der Waals surface area (Å²) in [7, 11) is 0. The first-order valence-corrected chi connectivity index (χ1v) is 6.59. The van der Waals surface area contributed by atoms with Crippen molar-refractivity contribution in [3.8, 4) is 5.75 Å². The van der Waals surface area contributed by atoms with Gasteiger partial charge in [0, 0.05) is 18.2 Å². The highest BCUT2D eigenvalue weighted by Crippen LogP contribution is 2.24. The van der Waals surface area contributed by atoms with Gasteiger partial charge in [-0.15, -0.1) is 0 Å². The number of likely N-dealkylation sites (N-methyl/N-ethyl adjacent to an activating group) is 1. The molecule has 0 aliphatic rings. The molecule has 0 atom stereocenters. The summed E-state index contributed by atoms with van der Waals surface area (Å²) in [4.78, 5) is 14.0. The van der Waals surface area contributed by atoms with Crippen molar-refractivity contribution in [1.82, 2.24) is 5.32 Å². The van der Waals surface area contributed by atoms with Crippen LogP contribution in [0.2, 0.25) is 0 Å². The van der Waals surface area contributed by atoms with Crippen molar-refractivity contribution < 1.29 is 9.90 Å². The van der Waals surface area contributed by atoms with E-state index in [9.17, 15) is 9.90 Å². The molecule has 0 aromatic heterocycles. The summed E-state index contributed by atoms with van der Waals surface area (Å²) in [5.41, 5.74) is 1.65. The highest BCUT2D eigenvalue weighted by molar-refractivity contribution is 5.95. The van der Waals surface area contributed by atoms with E-state index in [0.29, 0.717) is 6.54 Å². The molecule has 1 aromatic rings. The summed E-state index contributed by atoms with van der Waals surface area (Å²) in [5.74, 6) is 0.182. The minimum Gasteiger partial charge on any atom is -0.508 e. The van der Waals surface area contributed by atoms with Crippen LogP contribution in [0.15, 0.2) is 18.2 Å². The van der Waals surface area contributed by atoms with Crippen molar-refractivity contribution in [2.24, 2.45) is 0 Å². The average molecular weight is 264 g/mol. The highest BCUT2D eigenvalue weighted by Gasteiger charge is 2.18. The number of anilines is 1. The normalized spacial score (nSPS) is 11.4. The molecule has 1 aromatic carbocycles. The Morgan fingerprint density at radius 1 is 1.37 bits per heavy atom. The number of aryl methyl sites for hydroxylation is 1. The first-order chi connectivity index (χ1) is 8.74. The second kappa shape index (κ2) is 6.06. The smallest absolute Gasteiger partial charge is 0.240 e. The molecule has 0 radical (unpaired) electrons. The Labute approximate surface area is 115 Å². The number of hydrogen-bond acceptors (Lipinski definition) is 3. The van der Waals surface area contributed by atoms with Crippen molar-refractivity contribution in [1.29, 1.82) is 0 Å². The number of nitrogens with zero attached hydrogens (tertiary/aromatic N) is 1. The second-order valence-corrected chi connectivity index (χ2v) is 5.71. The molecular weight excluding hydrogens is 240 g/mol. The van der Waals surface area contributed by atoms with Crippen molar-refractivity contribution in [2.45, 2.75) is 40.2 Å². The maximum Gasteiger partial charge on any atom is 0.240 e. The van der Waals surface area contributed by atoms with Crippen LogP contribution >= 0.6 is 0 Å². The Hall–Kier alpha value is -1.55. The third-order valence-electron chi connectivity index (χ3n) is 2.87. The van der Waals surface area contributed by atoms with Gasteiger partial charge < -0.3 is 15.3 Å². The molecule has 0 bridgehead atoms. The Morgan fingerprint density at radius 2 is 2.00 bits per heavy atom. The molecule has 1 rings (SSSR count). The average Bonchev–Trinajstić information content (AvgIpc) is 2.31. The van der Waals surface area contributed by atoms with E-state index < -0.39 is 0 Å². The van der Waals surface area contributed by atoms with Crippen LogP contribution in [-0.2, 0) is 4.79 Å². The topological polar surface area (TPSA) is 52.6 Å². The molecule has 4 heteroatoms. The summed E-state index contributed by atoms with van der Waals surface area (Å²) < 4.78 is 0. The van der Waals surface area contributed by atoms with Crippen molar-refractivity contribution >= 4 is 11.6 Å². The third kappa shape index (κ3) is 4.56. The summed E-state index contributed by atoms with van der Waals surface area (Å²) in [6, 6.07) is 5.08. The number of nitrogens with one attached hydrogen (secondary N) is 1. The predicted octanol–water partition coefficient (Wildman–Crippen LogP) is 2.44. The molecular formula is C15H24N2O2. The number of hydrogen-bond donors (Lipinski definition) is 2. The van der Waals surface area contributed by atoms with Gasteiger partial charge >= 0.3 is 0 Å². The van der Waals surface area contributed by atoms with E-state index in [2.05, 4.69) is 5.32 Å². The number of phenols is 1. The van der Waals surface area contributed by atoms with E-state index in [4.69, 9.17) is 0 Å². The molecule has 0 saturated heterocycles. The number of rotatable bonds is 4. The molecule has 0 saturated carbocycles. The fraction of sp³-hybridized carbons (Fsp3) is 0.533. The molecule has 0 spiro atoms. The summed E-state index contributed by atoms with van der Waals surface area (Å²) in [6.07, 6.45) is 0. The minimum absolute atomic E-state index is 0.00567. The van der Waals surface area contributed by atoms with Gasteiger partial charge in [-0.1, -0.05) is 6.07 Å². The molecule has 106 valence electrons. The first-order valence-electron chi connectivity index (χ1n) is 6.59. The quantitative estimate of drug-likeness (QED) is 0.878. The SMILES string of the molecule is CCN(C(=O)CNC(C)(C)C)c1cc(O)ccc1C. The fourth-order valence-electron chi connectivity index (χ4n) is 1.81. The molecule has 0 aliphatic heterocycles. The maximum absolute atomic E-state index is 12.3. The van der Waals surface area contributed by atoms with Crippen LogP contribution in [0.5, 0.6) is 5.75 Å². The molecule has 2 N–H and O–H groups in total. The Bertz CT molecular complexity index is 450. The number of phenolic OH excluding ortho intramolecular Hbond substituents is 1. The van der Waals surface area contributed by atoms with Gasteiger partial charge in [0.1, 0.15) is 5.75 Å². The molecule has 0 aliphatic carbocycles. The highest BCUT2D eigenvalue weighted by atomic mass is 16.3. The third-order valence-corrected chi connectivity index (χ3v) is 2.87. The zero-order chi connectivity index (χ0) is 14.6. The molecule has 19 heavy (non-hydrogen) atoms. The zero-order valence-electron chi connectivity index (χ0n) is 12.4. The van der Waals surface area contributed by atoms with Gasteiger partial charge in [-0.3, -0.25) is 4.79 Å². The minimum atomic E-state index is -0.0943. The van der Waals surface area contributed by atoms with Crippen molar-refractivity contribution in [2.75, 3.05) is 18.0 Å². The fourth-order valence-corrected chi connectivity index (χ4v) is 1.81. The van der Waals surface area contributed by atoms with Crippen molar-refractivity contribution in [3.63, 3.8) is 0 Å². The lowest BCUT2D eigenvalue weighted by atomic mass is 10.1. The summed E-state index contributed by atoms with van der Waals surface area (Å²) in [5, 5.41) is 12.8. The van der Waals surface area contributed by atoms with Gasteiger partial charge in [0.15, 0.2) is 0 Å². The Morgan fingerprint density at radius 3 is 2.53 bits per heavy atom. The van der Waals surface area contributed by atoms with Crippen LogP contribution in [-0.4, -0.2) is 29.6 Å². The van der Waals surface area contributed by atoms with E-state index in [1.54, 1.807) is 17.0 Å². The van der Waals surface area contributed by atoms with Crippen LogP contribution in [0.4, 0.5) is 5.69 Å². The van der Waals surface area contributed by atoms with Crippen LogP contribution < -0.4 is 10.2 Å². The number of aromatic hydroxyl groups is 1. The van der Waals surface area contributed by atoms with Crippen LogP contribution in [0, 0.1) is 6.92 Å². The standard InChI is InChI=1S/C15H24N2O2/c1-6-17(14(19)10-16-15(3,4)5)13-9-12(18)8-7-11(13)2/h7-9,16,18H,6,10H2,1-5H3. The number of carbonyl (C=O) groups excluding carboxylic acids is 1. The van der Waals surface area contributed by atoms with E-state index in [0.717, 1.165) is 11.3 Å².